The Kier molecular flexibility index (Phi) is 6.22. The van der Waals surface area contributed by atoms with Crippen molar-refractivity contribution in [3.05, 3.63) is 14.7 Å². The molecular weight excluding hydrogens is 376 g/mol. The van der Waals surface area contributed by atoms with Gasteiger partial charge in [-0.2, -0.15) is 0 Å². The van der Waals surface area contributed by atoms with Crippen molar-refractivity contribution in [2.75, 3.05) is 26.2 Å². The Morgan fingerprint density at radius 1 is 1.48 bits per heavy atom. The number of nitrogens with zero attached hydrogens (tertiary/aromatic N) is 1. The van der Waals surface area contributed by atoms with Crippen LogP contribution in [0.1, 0.15) is 24.6 Å². The predicted octanol–water partition coefficient (Wildman–Crippen LogP) is 2.01. The molecule has 0 bridgehead atoms. The van der Waals surface area contributed by atoms with Gasteiger partial charge in [0.15, 0.2) is 0 Å². The largest absolute Gasteiger partial charge is 0.391 e. The summed E-state index contributed by atoms with van der Waals surface area (Å²) in [6.45, 7) is 5.63. The molecule has 1 aromatic heterocycles. The fraction of sp³-hybridized carbons (Fsp3) is 0.692. The highest BCUT2D eigenvalue weighted by atomic mass is 79.9. The third kappa shape index (κ3) is 4.49. The number of aliphatic hydroxyl groups excluding tert-OH is 1. The molecule has 0 aliphatic carbocycles. The Bertz CT molecular complexity index is 566. The number of hydrogen-bond acceptors (Lipinski definition) is 5. The smallest absolute Gasteiger partial charge is 0.242 e. The van der Waals surface area contributed by atoms with E-state index in [2.05, 4.69) is 32.5 Å². The summed E-state index contributed by atoms with van der Waals surface area (Å²) in [7, 11) is -3.51. The van der Waals surface area contributed by atoms with Crippen LogP contribution in [0.4, 0.5) is 0 Å². The monoisotopic (exact) mass is 396 g/mol. The second kappa shape index (κ2) is 7.52. The van der Waals surface area contributed by atoms with Crippen LogP contribution in [0, 0.1) is 5.92 Å². The number of thiophene rings is 1. The van der Waals surface area contributed by atoms with E-state index in [4.69, 9.17) is 5.11 Å². The van der Waals surface area contributed by atoms with Crippen molar-refractivity contribution in [3.8, 4) is 0 Å². The summed E-state index contributed by atoms with van der Waals surface area (Å²) < 4.78 is 27.9. The van der Waals surface area contributed by atoms with Crippen LogP contribution >= 0.6 is 27.3 Å². The molecule has 120 valence electrons. The molecular formula is C13H21BrN2O3S2. The normalized spacial score (nSPS) is 18.2. The molecule has 0 radical (unpaired) electrons. The Hall–Kier alpha value is 0.01000. The van der Waals surface area contributed by atoms with Crippen molar-refractivity contribution in [1.29, 1.82) is 0 Å². The summed E-state index contributed by atoms with van der Waals surface area (Å²) in [5, 5.41) is 9.09. The number of rotatable bonds is 6. The molecule has 1 aromatic rings. The maximum atomic E-state index is 12.3. The SMILES string of the molecule is CCN1CCC(CNS(=O)(=O)c2cc(CO)sc2Br)CC1. The summed E-state index contributed by atoms with van der Waals surface area (Å²) in [6, 6.07) is 1.52. The van der Waals surface area contributed by atoms with Crippen LogP contribution in [0.2, 0.25) is 0 Å². The van der Waals surface area contributed by atoms with E-state index in [-0.39, 0.29) is 11.5 Å². The van der Waals surface area contributed by atoms with Crippen molar-refractivity contribution in [2.45, 2.75) is 31.3 Å². The number of hydrogen-bond donors (Lipinski definition) is 2. The van der Waals surface area contributed by atoms with E-state index in [0.717, 1.165) is 32.5 Å². The van der Waals surface area contributed by atoms with Crippen molar-refractivity contribution in [1.82, 2.24) is 9.62 Å². The average molecular weight is 397 g/mol. The van der Waals surface area contributed by atoms with Crippen molar-refractivity contribution in [3.63, 3.8) is 0 Å². The average Bonchev–Trinajstić information content (AvgIpc) is 2.88. The number of halogens is 1. The first-order valence-corrected chi connectivity index (χ1v) is 10.2. The molecule has 2 rings (SSSR count). The van der Waals surface area contributed by atoms with E-state index < -0.39 is 10.0 Å². The molecule has 1 aliphatic heterocycles. The molecule has 2 N–H and O–H groups in total. The minimum Gasteiger partial charge on any atom is -0.391 e. The molecule has 0 atom stereocenters. The highest BCUT2D eigenvalue weighted by Gasteiger charge is 2.24. The number of aliphatic hydroxyl groups is 1. The number of piperidine rings is 1. The number of nitrogens with one attached hydrogen (secondary N) is 1. The topological polar surface area (TPSA) is 69.6 Å². The van der Waals surface area contributed by atoms with Crippen molar-refractivity contribution < 1.29 is 13.5 Å². The van der Waals surface area contributed by atoms with E-state index >= 15 is 0 Å². The van der Waals surface area contributed by atoms with Gasteiger partial charge in [0.05, 0.1) is 10.4 Å². The van der Waals surface area contributed by atoms with Crippen LogP contribution in [0.25, 0.3) is 0 Å². The highest BCUT2D eigenvalue weighted by molar-refractivity contribution is 9.11. The lowest BCUT2D eigenvalue weighted by Crippen LogP contribution is -2.38. The van der Waals surface area contributed by atoms with Gasteiger partial charge in [-0.3, -0.25) is 0 Å². The van der Waals surface area contributed by atoms with Gasteiger partial charge in [-0.05, 0) is 60.4 Å². The second-order valence-electron chi connectivity index (χ2n) is 5.24. The fourth-order valence-corrected chi connectivity index (χ4v) is 6.13. The molecule has 0 unspecified atom stereocenters. The lowest BCUT2D eigenvalue weighted by atomic mass is 9.97. The molecule has 21 heavy (non-hydrogen) atoms. The Morgan fingerprint density at radius 3 is 2.67 bits per heavy atom. The summed E-state index contributed by atoms with van der Waals surface area (Å²) in [4.78, 5) is 3.25. The van der Waals surface area contributed by atoms with Crippen LogP contribution in [-0.2, 0) is 16.6 Å². The summed E-state index contributed by atoms with van der Waals surface area (Å²) in [6.07, 6.45) is 2.06. The molecule has 2 heterocycles. The summed E-state index contributed by atoms with van der Waals surface area (Å²) in [5.74, 6) is 0.400. The number of sulfonamides is 1. The zero-order valence-corrected chi connectivity index (χ0v) is 15.2. The molecule has 1 saturated heterocycles. The van der Waals surface area contributed by atoms with Crippen LogP contribution in [0.15, 0.2) is 14.7 Å². The quantitative estimate of drug-likeness (QED) is 0.771. The molecule has 1 fully saturated rings. The van der Waals surface area contributed by atoms with Crippen LogP contribution in [0.3, 0.4) is 0 Å². The van der Waals surface area contributed by atoms with E-state index in [1.165, 1.54) is 17.4 Å². The molecule has 0 saturated carbocycles. The molecule has 0 spiro atoms. The van der Waals surface area contributed by atoms with Gasteiger partial charge >= 0.3 is 0 Å². The molecule has 5 nitrogen and oxygen atoms in total. The highest BCUT2D eigenvalue weighted by Crippen LogP contribution is 2.31. The predicted molar refractivity (Wildman–Crippen MR) is 88.0 cm³/mol. The van der Waals surface area contributed by atoms with Gasteiger partial charge < -0.3 is 10.0 Å². The van der Waals surface area contributed by atoms with Gasteiger partial charge in [-0.25, -0.2) is 13.1 Å². The third-order valence-corrected chi connectivity index (χ3v) is 7.53. The Morgan fingerprint density at radius 2 is 2.14 bits per heavy atom. The lowest BCUT2D eigenvalue weighted by molar-refractivity contribution is 0.194. The first kappa shape index (κ1) is 17.4. The maximum Gasteiger partial charge on any atom is 0.242 e. The first-order chi connectivity index (χ1) is 9.96. The van der Waals surface area contributed by atoms with Gasteiger partial charge in [0.25, 0.3) is 0 Å². The van der Waals surface area contributed by atoms with Gasteiger partial charge in [0.1, 0.15) is 4.90 Å². The molecule has 0 amide bonds. The Balaban J connectivity index is 1.94. The standard InChI is InChI=1S/C13H21BrN2O3S2/c1-2-16-5-3-10(4-6-16)8-15-21(18,19)12-7-11(9-17)20-13(12)14/h7,10,15,17H,2-6,8-9H2,1H3. The van der Waals surface area contributed by atoms with Crippen LogP contribution in [0.5, 0.6) is 0 Å². The van der Waals surface area contributed by atoms with Crippen molar-refractivity contribution >= 4 is 37.3 Å². The third-order valence-electron chi connectivity index (χ3n) is 3.87. The minimum atomic E-state index is -3.51. The second-order valence-corrected chi connectivity index (χ2v) is 9.43. The first-order valence-electron chi connectivity index (χ1n) is 7.07. The molecule has 8 heteroatoms. The summed E-state index contributed by atoms with van der Waals surface area (Å²) >= 11 is 4.51. The zero-order valence-electron chi connectivity index (χ0n) is 12.0. The van der Waals surface area contributed by atoms with Crippen molar-refractivity contribution in [2.24, 2.45) is 5.92 Å². The van der Waals surface area contributed by atoms with E-state index in [9.17, 15) is 8.42 Å². The van der Waals surface area contributed by atoms with Crippen LogP contribution in [-0.4, -0.2) is 44.6 Å². The van der Waals surface area contributed by atoms with Gasteiger partial charge in [-0.15, -0.1) is 11.3 Å². The van der Waals surface area contributed by atoms with E-state index in [0.29, 0.717) is 21.1 Å². The zero-order chi connectivity index (χ0) is 15.5. The number of likely N-dealkylation sites (tertiary alicyclic amines) is 1. The molecule has 1 aliphatic rings. The van der Waals surface area contributed by atoms with Gasteiger partial charge in [0.2, 0.25) is 10.0 Å². The fourth-order valence-electron chi connectivity index (χ4n) is 2.47. The van der Waals surface area contributed by atoms with Crippen LogP contribution < -0.4 is 4.72 Å². The summed E-state index contributed by atoms with van der Waals surface area (Å²) in [5.41, 5.74) is 0. The van der Waals surface area contributed by atoms with E-state index in [1.54, 1.807) is 0 Å². The van der Waals surface area contributed by atoms with Gasteiger partial charge in [0, 0.05) is 11.4 Å². The Labute approximate surface area is 138 Å². The van der Waals surface area contributed by atoms with E-state index in [1.807, 2.05) is 0 Å². The maximum absolute atomic E-state index is 12.3. The minimum absolute atomic E-state index is 0.145. The molecule has 0 aromatic carbocycles. The lowest BCUT2D eigenvalue weighted by Gasteiger charge is -2.30. The van der Waals surface area contributed by atoms with Gasteiger partial charge in [-0.1, -0.05) is 6.92 Å².